The number of H-pyrrole nitrogens is 1. The zero-order valence-corrected chi connectivity index (χ0v) is 19.2. The first-order valence-corrected chi connectivity index (χ1v) is 11.1. The highest BCUT2D eigenvalue weighted by Gasteiger charge is 2.22. The van der Waals surface area contributed by atoms with Gasteiger partial charge in [0.15, 0.2) is 17.3 Å². The molecule has 2 heterocycles. The maximum absolute atomic E-state index is 15.1. The molecule has 4 rings (SSSR count). The normalized spacial score (nSPS) is 11.0. The highest BCUT2D eigenvalue weighted by Crippen LogP contribution is 2.33. The molecule has 0 amide bonds. The zero-order chi connectivity index (χ0) is 25.3. The first-order valence-electron chi connectivity index (χ1n) is 10.2. The number of carboxylic acids is 1. The number of rotatable bonds is 8. The van der Waals surface area contributed by atoms with Crippen molar-refractivity contribution in [3.05, 3.63) is 78.6 Å². The number of nitrogens with zero attached hydrogens (tertiary/aromatic N) is 1. The second kappa shape index (κ2) is 9.58. The van der Waals surface area contributed by atoms with Gasteiger partial charge in [0.1, 0.15) is 23.1 Å². The molecule has 0 atom stereocenters. The molecule has 2 aromatic carbocycles. The number of hydrogen-bond acceptors (Lipinski definition) is 7. The Kier molecular flexibility index (Phi) is 6.56. The lowest BCUT2D eigenvalue weighted by Gasteiger charge is -2.16. The SMILES string of the molecule is CCOc1cc(F)c(-n2c(=O)[nH]c3csc(C(=O)O)c3c2=O)cc1OCc1c(F)cccc1OC. The molecule has 12 heteroatoms. The molecule has 35 heavy (non-hydrogen) atoms. The van der Waals surface area contributed by atoms with Gasteiger partial charge in [0, 0.05) is 17.5 Å². The molecule has 0 saturated heterocycles. The monoisotopic (exact) mass is 504 g/mol. The molecule has 0 spiro atoms. The van der Waals surface area contributed by atoms with Crippen molar-refractivity contribution in [3.8, 4) is 22.9 Å². The molecule has 0 bridgehead atoms. The molecule has 0 aliphatic carbocycles. The maximum atomic E-state index is 15.1. The van der Waals surface area contributed by atoms with Crippen LogP contribution in [-0.4, -0.2) is 34.3 Å². The Hall–Kier alpha value is -4.19. The number of aromatic carboxylic acids is 1. The fraction of sp³-hybridized carbons (Fsp3) is 0.174. The predicted octanol–water partition coefficient (Wildman–Crippen LogP) is 3.70. The van der Waals surface area contributed by atoms with E-state index >= 15 is 4.39 Å². The van der Waals surface area contributed by atoms with E-state index in [0.29, 0.717) is 4.57 Å². The van der Waals surface area contributed by atoms with E-state index in [9.17, 15) is 23.9 Å². The van der Waals surface area contributed by atoms with Gasteiger partial charge in [0.2, 0.25) is 0 Å². The number of nitrogens with one attached hydrogen (secondary N) is 1. The van der Waals surface area contributed by atoms with Crippen molar-refractivity contribution >= 4 is 28.2 Å². The summed E-state index contributed by atoms with van der Waals surface area (Å²) < 4.78 is 46.2. The summed E-state index contributed by atoms with van der Waals surface area (Å²) >= 11 is 0.756. The molecule has 2 aromatic heterocycles. The van der Waals surface area contributed by atoms with Crippen LogP contribution in [0.1, 0.15) is 22.2 Å². The van der Waals surface area contributed by atoms with Gasteiger partial charge in [-0.2, -0.15) is 0 Å². The highest BCUT2D eigenvalue weighted by molar-refractivity contribution is 7.13. The summed E-state index contributed by atoms with van der Waals surface area (Å²) in [6, 6.07) is 6.20. The number of carboxylic acid groups (broad SMARTS) is 1. The van der Waals surface area contributed by atoms with Gasteiger partial charge in [-0.05, 0) is 19.1 Å². The molecule has 0 aliphatic heterocycles. The summed E-state index contributed by atoms with van der Waals surface area (Å²) in [7, 11) is 1.37. The molecule has 0 fully saturated rings. The highest BCUT2D eigenvalue weighted by atomic mass is 32.1. The molecule has 2 N–H and O–H groups in total. The van der Waals surface area contributed by atoms with Crippen LogP contribution in [0.3, 0.4) is 0 Å². The van der Waals surface area contributed by atoms with Crippen LogP contribution in [0.2, 0.25) is 0 Å². The Morgan fingerprint density at radius 2 is 1.86 bits per heavy atom. The molecular formula is C23H18F2N2O7S. The van der Waals surface area contributed by atoms with Gasteiger partial charge in [0.25, 0.3) is 5.56 Å². The van der Waals surface area contributed by atoms with Crippen molar-refractivity contribution in [3.63, 3.8) is 0 Å². The van der Waals surface area contributed by atoms with E-state index < -0.39 is 34.5 Å². The molecule has 0 aliphatic rings. The first kappa shape index (κ1) is 24.0. The molecule has 0 saturated carbocycles. The number of halogens is 2. The second-order valence-corrected chi connectivity index (χ2v) is 8.00. The van der Waals surface area contributed by atoms with Gasteiger partial charge in [-0.15, -0.1) is 11.3 Å². The maximum Gasteiger partial charge on any atom is 0.346 e. The van der Waals surface area contributed by atoms with Gasteiger partial charge in [-0.3, -0.25) is 4.79 Å². The lowest BCUT2D eigenvalue weighted by atomic mass is 10.2. The van der Waals surface area contributed by atoms with E-state index in [2.05, 4.69) is 4.98 Å². The third-order valence-electron chi connectivity index (χ3n) is 5.07. The molecule has 0 radical (unpaired) electrons. The van der Waals surface area contributed by atoms with Crippen LogP contribution in [0, 0.1) is 11.6 Å². The lowest BCUT2D eigenvalue weighted by molar-refractivity contribution is 0.0704. The Bertz CT molecular complexity index is 1560. The van der Waals surface area contributed by atoms with Gasteiger partial charge in [-0.25, -0.2) is 22.9 Å². The summed E-state index contributed by atoms with van der Waals surface area (Å²) in [6.07, 6.45) is 0. The smallest absolute Gasteiger partial charge is 0.346 e. The Morgan fingerprint density at radius 1 is 1.11 bits per heavy atom. The molecular weight excluding hydrogens is 486 g/mol. The van der Waals surface area contributed by atoms with Crippen LogP contribution >= 0.6 is 11.3 Å². The summed E-state index contributed by atoms with van der Waals surface area (Å²) in [5.74, 6) is -2.86. The van der Waals surface area contributed by atoms with Gasteiger partial charge in [-0.1, -0.05) is 6.07 Å². The number of hydrogen-bond donors (Lipinski definition) is 2. The van der Waals surface area contributed by atoms with Crippen molar-refractivity contribution in [1.29, 1.82) is 0 Å². The van der Waals surface area contributed by atoms with Crippen molar-refractivity contribution in [1.82, 2.24) is 9.55 Å². The number of carbonyl (C=O) groups is 1. The van der Waals surface area contributed by atoms with Crippen LogP contribution in [0.25, 0.3) is 16.6 Å². The minimum atomic E-state index is -1.37. The quantitative estimate of drug-likeness (QED) is 0.375. The van der Waals surface area contributed by atoms with E-state index in [-0.39, 0.29) is 51.8 Å². The average molecular weight is 504 g/mol. The van der Waals surface area contributed by atoms with Crippen LogP contribution < -0.4 is 25.5 Å². The van der Waals surface area contributed by atoms with Crippen molar-refractivity contribution in [2.75, 3.05) is 13.7 Å². The molecule has 9 nitrogen and oxygen atoms in total. The van der Waals surface area contributed by atoms with Gasteiger partial charge < -0.3 is 24.3 Å². The van der Waals surface area contributed by atoms with Crippen molar-refractivity contribution < 1.29 is 32.9 Å². The number of methoxy groups -OCH3 is 1. The molecule has 0 unspecified atom stereocenters. The minimum absolute atomic E-state index is 0.0214. The summed E-state index contributed by atoms with van der Waals surface area (Å²) in [6.45, 7) is 1.46. The van der Waals surface area contributed by atoms with Crippen LogP contribution in [0.5, 0.6) is 17.2 Å². The van der Waals surface area contributed by atoms with E-state index in [1.165, 1.54) is 30.7 Å². The van der Waals surface area contributed by atoms with Gasteiger partial charge in [0.05, 0.1) is 35.9 Å². The van der Waals surface area contributed by atoms with Gasteiger partial charge >= 0.3 is 11.7 Å². The summed E-state index contributed by atoms with van der Waals surface area (Å²) in [5, 5.41) is 10.4. The summed E-state index contributed by atoms with van der Waals surface area (Å²) in [5.41, 5.74) is -2.40. The fourth-order valence-electron chi connectivity index (χ4n) is 3.51. The van der Waals surface area contributed by atoms with Crippen LogP contribution in [-0.2, 0) is 6.61 Å². The van der Waals surface area contributed by atoms with Crippen LogP contribution in [0.4, 0.5) is 8.78 Å². The van der Waals surface area contributed by atoms with Crippen molar-refractivity contribution in [2.45, 2.75) is 13.5 Å². The number of aromatic amines is 1. The Morgan fingerprint density at radius 3 is 2.54 bits per heavy atom. The third kappa shape index (κ3) is 4.35. The topological polar surface area (TPSA) is 120 Å². The minimum Gasteiger partial charge on any atom is -0.496 e. The first-order chi connectivity index (χ1) is 16.8. The van der Waals surface area contributed by atoms with Crippen molar-refractivity contribution in [2.24, 2.45) is 0 Å². The van der Waals surface area contributed by atoms with E-state index in [1.54, 1.807) is 6.92 Å². The number of benzene rings is 2. The second-order valence-electron chi connectivity index (χ2n) is 7.12. The average Bonchev–Trinajstić information content (AvgIpc) is 3.24. The van der Waals surface area contributed by atoms with Crippen LogP contribution in [0.15, 0.2) is 45.3 Å². The standard InChI is InChI=1S/C23H18F2N2O7S/c1-3-33-17-7-13(25)15(8-18(17)34-9-11-12(24)5-4-6-16(11)32-2)27-21(28)19-14(26-23(27)31)10-35-20(19)22(29)30/h4-8,10H,3,9H2,1-2H3,(H,26,31)(H,29,30). The number of aromatic nitrogens is 2. The molecule has 4 aromatic rings. The number of ether oxygens (including phenoxy) is 3. The van der Waals surface area contributed by atoms with E-state index in [1.807, 2.05) is 0 Å². The Labute approximate surface area is 199 Å². The molecule has 182 valence electrons. The van der Waals surface area contributed by atoms with E-state index in [4.69, 9.17) is 14.2 Å². The number of fused-ring (bicyclic) bond motifs is 1. The largest absolute Gasteiger partial charge is 0.496 e. The predicted molar refractivity (Wildman–Crippen MR) is 123 cm³/mol. The third-order valence-corrected chi connectivity index (χ3v) is 6.04. The fourth-order valence-corrected chi connectivity index (χ4v) is 4.34. The zero-order valence-electron chi connectivity index (χ0n) is 18.4. The summed E-state index contributed by atoms with van der Waals surface area (Å²) in [4.78, 5) is 39.4. The lowest BCUT2D eigenvalue weighted by Crippen LogP contribution is -2.34. The Balaban J connectivity index is 1.86. The number of thiophene rings is 1. The van der Waals surface area contributed by atoms with E-state index in [0.717, 1.165) is 23.5 Å².